The minimum absolute atomic E-state index is 0.0902. The zero-order chi connectivity index (χ0) is 11.8. The van der Waals surface area contributed by atoms with Crippen molar-refractivity contribution in [2.45, 2.75) is 33.1 Å². The van der Waals surface area contributed by atoms with E-state index >= 15 is 0 Å². The molecule has 0 unspecified atom stereocenters. The number of nitriles is 1. The molecule has 82 valence electrons. The molecule has 0 aliphatic carbocycles. The highest BCUT2D eigenvalue weighted by Crippen LogP contribution is 2.05. The molecule has 1 amide bonds. The van der Waals surface area contributed by atoms with Crippen molar-refractivity contribution < 1.29 is 14.7 Å². The molecule has 2 N–H and O–H groups in total. The highest BCUT2D eigenvalue weighted by atomic mass is 16.4. The van der Waals surface area contributed by atoms with Gasteiger partial charge in [0.2, 0.25) is 5.91 Å². The Balaban J connectivity index is 4.48. The van der Waals surface area contributed by atoms with Crippen molar-refractivity contribution in [1.82, 2.24) is 5.32 Å². The Morgan fingerprint density at radius 2 is 2.07 bits per heavy atom. The fourth-order valence-corrected chi connectivity index (χ4v) is 0.977. The number of aliphatic carboxylic acids is 1. The quantitative estimate of drug-likeness (QED) is 0.666. The van der Waals surface area contributed by atoms with E-state index in [1.165, 1.54) is 6.92 Å². The number of carboxylic acids is 1. The number of rotatable bonds is 5. The van der Waals surface area contributed by atoms with E-state index in [0.717, 1.165) is 0 Å². The summed E-state index contributed by atoms with van der Waals surface area (Å²) in [6.07, 6.45) is 0.665. The van der Waals surface area contributed by atoms with Crippen molar-refractivity contribution in [2.75, 3.05) is 0 Å². The Kier molecular flexibility index (Phi) is 5.79. The van der Waals surface area contributed by atoms with Gasteiger partial charge in [-0.2, -0.15) is 5.26 Å². The highest BCUT2D eigenvalue weighted by molar-refractivity contribution is 5.88. The second kappa shape index (κ2) is 6.60. The van der Waals surface area contributed by atoms with Crippen molar-refractivity contribution in [2.24, 2.45) is 0 Å². The third kappa shape index (κ3) is 4.81. The van der Waals surface area contributed by atoms with Gasteiger partial charge in [-0.1, -0.05) is 6.92 Å². The fourth-order valence-electron chi connectivity index (χ4n) is 0.977. The molecule has 0 fully saturated rings. The number of hydrogen-bond acceptors (Lipinski definition) is 3. The lowest BCUT2D eigenvalue weighted by Crippen LogP contribution is -2.24. The number of nitrogens with one attached hydrogen (secondary N) is 1. The number of carbonyl (C=O) groups excluding carboxylic acids is 1. The first-order valence-corrected chi connectivity index (χ1v) is 4.62. The van der Waals surface area contributed by atoms with Crippen molar-refractivity contribution >= 4 is 11.9 Å². The summed E-state index contributed by atoms with van der Waals surface area (Å²) in [5.41, 5.74) is 0.522. The Hall–Kier alpha value is -1.83. The van der Waals surface area contributed by atoms with Crippen molar-refractivity contribution in [3.8, 4) is 6.07 Å². The average molecular weight is 210 g/mol. The van der Waals surface area contributed by atoms with Gasteiger partial charge in [-0.25, -0.2) is 4.79 Å². The molecule has 0 saturated carbocycles. The van der Waals surface area contributed by atoms with E-state index in [1.54, 1.807) is 6.92 Å². The van der Waals surface area contributed by atoms with Gasteiger partial charge in [-0.15, -0.1) is 0 Å². The smallest absolute Gasteiger partial charge is 0.333 e. The van der Waals surface area contributed by atoms with Crippen LogP contribution < -0.4 is 5.32 Å². The van der Waals surface area contributed by atoms with Gasteiger partial charge >= 0.3 is 5.97 Å². The van der Waals surface area contributed by atoms with Crippen LogP contribution >= 0.6 is 0 Å². The van der Waals surface area contributed by atoms with Crippen molar-refractivity contribution in [3.05, 3.63) is 11.3 Å². The summed E-state index contributed by atoms with van der Waals surface area (Å²) in [6.45, 7) is 3.19. The van der Waals surface area contributed by atoms with E-state index in [2.05, 4.69) is 5.32 Å². The van der Waals surface area contributed by atoms with Crippen LogP contribution in [0.3, 0.4) is 0 Å². The molecule has 0 heterocycles. The molecule has 5 heteroatoms. The molecule has 0 bridgehead atoms. The number of hydrogen-bond donors (Lipinski definition) is 2. The molecular weight excluding hydrogens is 196 g/mol. The van der Waals surface area contributed by atoms with Crippen LogP contribution in [-0.2, 0) is 9.59 Å². The second-order valence-corrected chi connectivity index (χ2v) is 2.97. The summed E-state index contributed by atoms with van der Waals surface area (Å²) in [6, 6.07) is 1.85. The predicted octanol–water partition coefficient (Wildman–Crippen LogP) is 1.17. The van der Waals surface area contributed by atoms with Gasteiger partial charge in [0.1, 0.15) is 0 Å². The monoisotopic (exact) mass is 210 g/mol. The van der Waals surface area contributed by atoms with Crippen LogP contribution in [0.4, 0.5) is 0 Å². The molecule has 0 spiro atoms. The van der Waals surface area contributed by atoms with Crippen LogP contribution in [0.1, 0.15) is 33.1 Å². The maximum atomic E-state index is 11.2. The van der Waals surface area contributed by atoms with Crippen LogP contribution in [0, 0.1) is 11.3 Å². The van der Waals surface area contributed by atoms with Gasteiger partial charge < -0.3 is 10.4 Å². The van der Waals surface area contributed by atoms with Gasteiger partial charge in [-0.3, -0.25) is 4.79 Å². The van der Waals surface area contributed by atoms with Crippen LogP contribution in [0.5, 0.6) is 0 Å². The summed E-state index contributed by atoms with van der Waals surface area (Å²) < 4.78 is 0. The zero-order valence-corrected chi connectivity index (χ0v) is 8.83. The molecule has 0 aliphatic rings. The lowest BCUT2D eigenvalue weighted by Gasteiger charge is -2.08. The first kappa shape index (κ1) is 13.2. The maximum absolute atomic E-state index is 11.2. The van der Waals surface area contributed by atoms with Crippen LogP contribution in [0.25, 0.3) is 0 Å². The molecule has 0 aliphatic heterocycles. The number of carboxylic acid groups (broad SMARTS) is 1. The molecule has 0 aromatic rings. The third-order valence-electron chi connectivity index (χ3n) is 1.88. The first-order chi connectivity index (χ1) is 7.02. The molecule has 0 aromatic heterocycles. The number of allylic oxidation sites excluding steroid dienone is 1. The Morgan fingerprint density at radius 3 is 2.47 bits per heavy atom. The molecule has 0 radical (unpaired) electrons. The van der Waals surface area contributed by atoms with Crippen molar-refractivity contribution in [1.29, 1.82) is 5.26 Å². The van der Waals surface area contributed by atoms with E-state index in [4.69, 9.17) is 10.4 Å². The standard InChI is InChI=1S/C10H14N2O3/c1-3-8(7(2)10(14)15)12-9(13)5-4-6-11/h3-5H2,1-2H3,(H,12,13)(H,14,15). The normalized spacial score (nSPS) is 11.3. The minimum Gasteiger partial charge on any atom is -0.478 e. The van der Waals surface area contributed by atoms with E-state index < -0.39 is 5.97 Å². The SMILES string of the molecule is CCC(NC(=O)CCC#N)=C(C)C(=O)O. The van der Waals surface area contributed by atoms with Crippen molar-refractivity contribution in [3.63, 3.8) is 0 Å². The van der Waals surface area contributed by atoms with Gasteiger partial charge in [0.25, 0.3) is 0 Å². The lowest BCUT2D eigenvalue weighted by atomic mass is 10.2. The zero-order valence-electron chi connectivity index (χ0n) is 8.83. The average Bonchev–Trinajstić information content (AvgIpc) is 2.21. The van der Waals surface area contributed by atoms with Gasteiger partial charge in [0.05, 0.1) is 11.6 Å². The maximum Gasteiger partial charge on any atom is 0.333 e. The van der Waals surface area contributed by atoms with Gasteiger partial charge in [0.15, 0.2) is 0 Å². The highest BCUT2D eigenvalue weighted by Gasteiger charge is 2.10. The van der Waals surface area contributed by atoms with Gasteiger partial charge in [-0.05, 0) is 13.3 Å². The molecule has 15 heavy (non-hydrogen) atoms. The van der Waals surface area contributed by atoms with Crippen LogP contribution in [-0.4, -0.2) is 17.0 Å². The summed E-state index contributed by atoms with van der Waals surface area (Å²) in [4.78, 5) is 21.8. The Morgan fingerprint density at radius 1 is 1.47 bits per heavy atom. The molecule has 0 rings (SSSR count). The predicted molar refractivity (Wildman–Crippen MR) is 53.6 cm³/mol. The lowest BCUT2D eigenvalue weighted by molar-refractivity contribution is -0.132. The Labute approximate surface area is 88.4 Å². The summed E-state index contributed by atoms with van der Waals surface area (Å²) in [5, 5.41) is 19.5. The summed E-state index contributed by atoms with van der Waals surface area (Å²) in [7, 11) is 0. The summed E-state index contributed by atoms with van der Waals surface area (Å²) in [5.74, 6) is -1.37. The molecule has 0 atom stereocenters. The first-order valence-electron chi connectivity index (χ1n) is 4.62. The second-order valence-electron chi connectivity index (χ2n) is 2.97. The fraction of sp³-hybridized carbons (Fsp3) is 0.500. The Bertz CT molecular complexity index is 326. The minimum atomic E-state index is -1.05. The van der Waals surface area contributed by atoms with E-state index in [9.17, 15) is 9.59 Å². The molecular formula is C10H14N2O3. The number of nitrogens with zero attached hydrogens (tertiary/aromatic N) is 1. The summed E-state index contributed by atoms with van der Waals surface area (Å²) >= 11 is 0. The number of carbonyl (C=O) groups is 2. The molecule has 0 saturated heterocycles. The molecule has 5 nitrogen and oxygen atoms in total. The topological polar surface area (TPSA) is 90.2 Å². The third-order valence-corrected chi connectivity index (χ3v) is 1.88. The van der Waals surface area contributed by atoms with E-state index in [1.807, 2.05) is 6.07 Å². The van der Waals surface area contributed by atoms with Gasteiger partial charge in [0, 0.05) is 18.5 Å². The van der Waals surface area contributed by atoms with Crippen LogP contribution in [0.2, 0.25) is 0 Å². The van der Waals surface area contributed by atoms with E-state index in [0.29, 0.717) is 12.1 Å². The van der Waals surface area contributed by atoms with Crippen LogP contribution in [0.15, 0.2) is 11.3 Å². The number of amides is 1. The molecule has 0 aromatic carbocycles. The largest absolute Gasteiger partial charge is 0.478 e. The van der Waals surface area contributed by atoms with E-state index in [-0.39, 0.29) is 24.3 Å².